The second-order valence-electron chi connectivity index (χ2n) is 4.13. The molecule has 1 rings (SSSR count). The molecule has 0 heterocycles. The van der Waals surface area contributed by atoms with Gasteiger partial charge in [-0.15, -0.1) is 5.60 Å². The molecule has 0 bridgehead atoms. The molecule has 0 saturated heterocycles. The largest absolute Gasteiger partial charge is 2.00 e. The average Bonchev–Trinajstić information content (AvgIpc) is 2.15. The Morgan fingerprint density at radius 3 is 1.69 bits per heavy atom. The fourth-order valence-electron chi connectivity index (χ4n) is 1.90. The first-order valence-electron chi connectivity index (χ1n) is 4.85. The van der Waals surface area contributed by atoms with Crippen LogP contribution in [0.4, 0.5) is 0 Å². The van der Waals surface area contributed by atoms with Crippen molar-refractivity contribution in [1.82, 2.24) is 0 Å². The summed E-state index contributed by atoms with van der Waals surface area (Å²) in [6.45, 7) is 4.14. The van der Waals surface area contributed by atoms with E-state index in [1.54, 1.807) is 0 Å². The second-order valence-corrected chi connectivity index (χ2v) is 4.13. The van der Waals surface area contributed by atoms with Gasteiger partial charge in [-0.05, 0) is 0 Å². The number of rotatable bonds is 1. The molecule has 0 amide bonds. The Kier molecular flexibility index (Phi) is 9.58. The molecule has 0 unspecified atom stereocenters. The summed E-state index contributed by atoms with van der Waals surface area (Å²) < 4.78 is 0. The van der Waals surface area contributed by atoms with Crippen molar-refractivity contribution in [2.45, 2.75) is 58.0 Å². The molecule has 0 spiro atoms. The summed E-state index contributed by atoms with van der Waals surface area (Å²) in [5.41, 5.74) is -0.587. The van der Waals surface area contributed by atoms with Crippen LogP contribution in [0, 0.1) is 5.92 Å². The Morgan fingerprint density at radius 2 is 1.38 bits per heavy atom. The van der Waals surface area contributed by atoms with E-state index in [1.165, 1.54) is 12.8 Å². The van der Waals surface area contributed by atoms with Crippen LogP contribution >= 0.6 is 0 Å². The van der Waals surface area contributed by atoms with Gasteiger partial charge in [-0.3, -0.25) is 0 Å². The Labute approximate surface area is 109 Å². The summed E-state index contributed by atoms with van der Waals surface area (Å²) in [4.78, 5) is 0. The van der Waals surface area contributed by atoms with Crippen LogP contribution in [0.15, 0.2) is 0 Å². The fourth-order valence-corrected chi connectivity index (χ4v) is 1.90. The standard InChI is InChI=1S/C10H19O.BrH.Mg/c1-9(2)10(11)7-5-3-4-6-8-10;;/h9H,3-8H2,1-2H3;1H;/q-1;;+2/p-1. The van der Waals surface area contributed by atoms with E-state index in [1.807, 2.05) is 0 Å². The molecule has 0 aliphatic heterocycles. The number of hydrogen-bond donors (Lipinski definition) is 0. The predicted octanol–water partition coefficient (Wildman–Crippen LogP) is -1.28. The van der Waals surface area contributed by atoms with Gasteiger partial charge in [-0.2, -0.15) is 0 Å². The van der Waals surface area contributed by atoms with Crippen LogP contribution in [0.25, 0.3) is 0 Å². The van der Waals surface area contributed by atoms with E-state index in [2.05, 4.69) is 13.8 Å². The van der Waals surface area contributed by atoms with Gasteiger partial charge in [0.2, 0.25) is 0 Å². The zero-order valence-corrected chi connectivity index (χ0v) is 11.8. The topological polar surface area (TPSA) is 23.1 Å². The van der Waals surface area contributed by atoms with Crippen LogP contribution in [-0.2, 0) is 0 Å². The van der Waals surface area contributed by atoms with E-state index in [4.69, 9.17) is 0 Å². The van der Waals surface area contributed by atoms with Gasteiger partial charge in [0.1, 0.15) is 0 Å². The van der Waals surface area contributed by atoms with Gasteiger partial charge in [0.15, 0.2) is 0 Å². The minimum Gasteiger partial charge on any atom is -1.00 e. The van der Waals surface area contributed by atoms with Gasteiger partial charge in [-0.1, -0.05) is 58.3 Å². The van der Waals surface area contributed by atoms with E-state index in [0.29, 0.717) is 5.92 Å². The Bertz CT molecular complexity index is 120. The van der Waals surface area contributed by atoms with Crippen molar-refractivity contribution in [3.63, 3.8) is 0 Å². The monoisotopic (exact) mass is 258 g/mol. The molecule has 0 aromatic carbocycles. The van der Waals surface area contributed by atoms with E-state index in [9.17, 15) is 5.11 Å². The molecular formula is C10H19BrMgO. The minimum absolute atomic E-state index is 0. The van der Waals surface area contributed by atoms with Crippen LogP contribution in [0.2, 0.25) is 0 Å². The third kappa shape index (κ3) is 5.00. The van der Waals surface area contributed by atoms with E-state index in [0.717, 1.165) is 25.7 Å². The first-order valence-corrected chi connectivity index (χ1v) is 4.85. The molecule has 1 nitrogen and oxygen atoms in total. The van der Waals surface area contributed by atoms with Crippen molar-refractivity contribution in [2.24, 2.45) is 5.92 Å². The molecule has 1 fully saturated rings. The first-order chi connectivity index (χ1) is 5.15. The molecule has 3 heteroatoms. The smallest absolute Gasteiger partial charge is 1.00 e. The molecule has 1 aliphatic rings. The molecule has 1 saturated carbocycles. The Balaban J connectivity index is 0. The van der Waals surface area contributed by atoms with Crippen molar-refractivity contribution in [2.75, 3.05) is 0 Å². The maximum Gasteiger partial charge on any atom is 2.00 e. The summed E-state index contributed by atoms with van der Waals surface area (Å²) in [5, 5.41) is 12.0. The molecule has 1 aliphatic carbocycles. The van der Waals surface area contributed by atoms with Crippen LogP contribution in [0.5, 0.6) is 0 Å². The normalized spacial score (nSPS) is 21.2. The Morgan fingerprint density at radius 1 is 1.00 bits per heavy atom. The molecular weight excluding hydrogens is 240 g/mol. The van der Waals surface area contributed by atoms with Crippen molar-refractivity contribution < 1.29 is 22.1 Å². The van der Waals surface area contributed by atoms with Crippen LogP contribution in [0.1, 0.15) is 52.4 Å². The van der Waals surface area contributed by atoms with Crippen LogP contribution in [0.3, 0.4) is 0 Å². The van der Waals surface area contributed by atoms with Gasteiger partial charge < -0.3 is 22.1 Å². The van der Waals surface area contributed by atoms with Gasteiger partial charge in [0, 0.05) is 0 Å². The summed E-state index contributed by atoms with van der Waals surface area (Å²) in [5.74, 6) is 0.320. The van der Waals surface area contributed by atoms with Crippen LogP contribution in [-0.4, -0.2) is 28.7 Å². The SMILES string of the molecule is CC(C)C1([O-])CCCCCC1.[Br-].[Mg+2]. The number of hydrogen-bond acceptors (Lipinski definition) is 1. The third-order valence-corrected chi connectivity index (χ3v) is 3.00. The maximum absolute atomic E-state index is 12.0. The zero-order chi connectivity index (χ0) is 8.32. The molecule has 0 aromatic heterocycles. The fraction of sp³-hybridized carbons (Fsp3) is 1.00. The quantitative estimate of drug-likeness (QED) is 0.425. The molecule has 0 atom stereocenters. The van der Waals surface area contributed by atoms with Gasteiger partial charge in [0.25, 0.3) is 0 Å². The van der Waals surface area contributed by atoms with Gasteiger partial charge >= 0.3 is 23.1 Å². The molecule has 13 heavy (non-hydrogen) atoms. The third-order valence-electron chi connectivity index (χ3n) is 3.00. The van der Waals surface area contributed by atoms with Gasteiger partial charge in [-0.25, -0.2) is 0 Å². The summed E-state index contributed by atoms with van der Waals surface area (Å²) in [6.07, 6.45) is 6.67. The Hall–Kier alpha value is 1.21. The van der Waals surface area contributed by atoms with E-state index in [-0.39, 0.29) is 40.0 Å². The predicted molar refractivity (Wildman–Crippen MR) is 51.0 cm³/mol. The van der Waals surface area contributed by atoms with E-state index < -0.39 is 5.60 Å². The molecule has 74 valence electrons. The van der Waals surface area contributed by atoms with Gasteiger partial charge in [0.05, 0.1) is 0 Å². The number of halogens is 1. The summed E-state index contributed by atoms with van der Waals surface area (Å²) in [7, 11) is 0. The van der Waals surface area contributed by atoms with Crippen molar-refractivity contribution in [1.29, 1.82) is 0 Å². The second kappa shape index (κ2) is 7.49. The molecule has 0 aromatic rings. The minimum atomic E-state index is -0.587. The average molecular weight is 259 g/mol. The maximum atomic E-state index is 12.0. The first kappa shape index (κ1) is 16.6. The van der Waals surface area contributed by atoms with Crippen LogP contribution < -0.4 is 22.1 Å². The molecule has 0 N–H and O–H groups in total. The van der Waals surface area contributed by atoms with E-state index >= 15 is 0 Å². The summed E-state index contributed by atoms with van der Waals surface area (Å²) in [6, 6.07) is 0. The summed E-state index contributed by atoms with van der Waals surface area (Å²) >= 11 is 0. The molecule has 0 radical (unpaired) electrons. The zero-order valence-electron chi connectivity index (χ0n) is 8.81. The van der Waals surface area contributed by atoms with Crippen molar-refractivity contribution >= 4 is 23.1 Å². The van der Waals surface area contributed by atoms with Crippen molar-refractivity contribution in [3.05, 3.63) is 0 Å². The van der Waals surface area contributed by atoms with Crippen molar-refractivity contribution in [3.8, 4) is 0 Å².